The molecule has 0 aliphatic carbocycles. The van der Waals surface area contributed by atoms with E-state index in [1.165, 1.54) is 0 Å². The third-order valence-corrected chi connectivity index (χ3v) is 5.70. The molecule has 0 saturated carbocycles. The minimum absolute atomic E-state index is 0.0836. The number of amides is 3. The average Bonchev–Trinajstić information content (AvgIpc) is 2.76. The second-order valence-corrected chi connectivity index (χ2v) is 9.89. The lowest BCUT2D eigenvalue weighted by atomic mass is 9.97. The first-order valence-electron chi connectivity index (χ1n) is 12.3. The van der Waals surface area contributed by atoms with Gasteiger partial charge in [0.2, 0.25) is 11.8 Å². The van der Waals surface area contributed by atoms with Gasteiger partial charge < -0.3 is 20.3 Å². The molecule has 0 bridgehead atoms. The van der Waals surface area contributed by atoms with Crippen LogP contribution in [0.2, 0.25) is 0 Å². The van der Waals surface area contributed by atoms with Crippen LogP contribution in [0.4, 0.5) is 4.79 Å². The number of unbranched alkanes of at least 4 members (excludes halogenated alkanes) is 3. The van der Waals surface area contributed by atoms with E-state index >= 15 is 0 Å². The Balaban J connectivity index is 3.34. The van der Waals surface area contributed by atoms with E-state index < -0.39 is 23.8 Å². The van der Waals surface area contributed by atoms with Gasteiger partial charge in [0.25, 0.3) is 0 Å². The van der Waals surface area contributed by atoms with Crippen molar-refractivity contribution in [2.45, 2.75) is 91.3 Å². The Morgan fingerprint density at radius 3 is 2.26 bits per heavy atom. The van der Waals surface area contributed by atoms with E-state index in [0.717, 1.165) is 43.2 Å². The lowest BCUT2D eigenvalue weighted by molar-refractivity contribution is -0.142. The first-order valence-corrected chi connectivity index (χ1v) is 12.9. The maximum Gasteiger partial charge on any atom is 0.408 e. The topological polar surface area (TPSA) is 87.7 Å². The number of nitrogens with one attached hydrogen (secondary N) is 2. The maximum atomic E-state index is 13.8. The van der Waals surface area contributed by atoms with Gasteiger partial charge in [-0.2, -0.15) is 12.6 Å². The summed E-state index contributed by atoms with van der Waals surface area (Å²) in [7, 11) is 0. The van der Waals surface area contributed by atoms with Crippen LogP contribution >= 0.6 is 12.6 Å². The molecule has 3 amide bonds. The zero-order valence-electron chi connectivity index (χ0n) is 21.6. The first-order chi connectivity index (χ1) is 16.1. The highest BCUT2D eigenvalue weighted by Gasteiger charge is 2.36. The predicted octanol–water partition coefficient (Wildman–Crippen LogP) is 4.79. The summed E-state index contributed by atoms with van der Waals surface area (Å²) in [5, 5.41) is 5.65. The number of thiol groups is 1. The summed E-state index contributed by atoms with van der Waals surface area (Å²) in [6, 6.07) is 5.88. The van der Waals surface area contributed by atoms with Crippen molar-refractivity contribution in [3.63, 3.8) is 0 Å². The molecule has 1 aromatic carbocycles. The summed E-state index contributed by atoms with van der Waals surface area (Å²) in [6.45, 7) is 12.3. The van der Waals surface area contributed by atoms with Crippen LogP contribution in [0.1, 0.15) is 83.9 Å². The van der Waals surface area contributed by atoms with Gasteiger partial charge in [-0.05, 0) is 51.7 Å². The van der Waals surface area contributed by atoms with Gasteiger partial charge in [-0.15, -0.1) is 0 Å². The van der Waals surface area contributed by atoms with Crippen molar-refractivity contribution in [1.29, 1.82) is 0 Å². The van der Waals surface area contributed by atoms with Crippen LogP contribution in [0.3, 0.4) is 0 Å². The van der Waals surface area contributed by atoms with Gasteiger partial charge in [0, 0.05) is 18.8 Å². The standard InChI is InChI=1S/C26H43N3O4S/c1-7-9-13-17-29(24(31)21(18-34)28-25(32)33-26(4,5)6)22(23(30)27-16-10-8-2)20-15-12-11-14-19(20)3/h11-12,14-15,21-22,34H,7-10,13,16-18H2,1-6H3,(H,27,30)(H,28,32). The van der Waals surface area contributed by atoms with Gasteiger partial charge in [-0.25, -0.2) is 4.79 Å². The van der Waals surface area contributed by atoms with Crippen molar-refractivity contribution < 1.29 is 19.1 Å². The largest absolute Gasteiger partial charge is 0.444 e. The fourth-order valence-corrected chi connectivity index (χ4v) is 3.81. The number of nitrogens with zero attached hydrogens (tertiary/aromatic N) is 1. The normalized spacial score (nSPS) is 13.0. The molecule has 192 valence electrons. The highest BCUT2D eigenvalue weighted by Crippen LogP contribution is 2.26. The summed E-state index contributed by atoms with van der Waals surface area (Å²) >= 11 is 4.32. The van der Waals surface area contributed by atoms with E-state index in [0.29, 0.717) is 13.1 Å². The SMILES string of the molecule is CCCCCN(C(=O)C(CS)NC(=O)OC(C)(C)C)C(C(=O)NCCCC)c1ccccc1C. The van der Waals surface area contributed by atoms with Crippen molar-refractivity contribution in [3.8, 4) is 0 Å². The number of hydrogen-bond donors (Lipinski definition) is 3. The minimum Gasteiger partial charge on any atom is -0.444 e. The van der Waals surface area contributed by atoms with E-state index in [-0.39, 0.29) is 17.6 Å². The lowest BCUT2D eigenvalue weighted by Gasteiger charge is -2.35. The number of alkyl carbamates (subject to hydrolysis) is 1. The molecule has 1 rings (SSSR count). The monoisotopic (exact) mass is 493 g/mol. The number of carbonyl (C=O) groups excluding carboxylic acids is 3. The Morgan fingerprint density at radius 1 is 1.06 bits per heavy atom. The van der Waals surface area contributed by atoms with Gasteiger partial charge in [0.05, 0.1) is 0 Å². The Hall–Kier alpha value is -2.22. The molecule has 0 fully saturated rings. The third kappa shape index (κ3) is 9.95. The van der Waals surface area contributed by atoms with Gasteiger partial charge in [0.15, 0.2) is 0 Å². The van der Waals surface area contributed by atoms with Gasteiger partial charge >= 0.3 is 6.09 Å². The van der Waals surface area contributed by atoms with Crippen LogP contribution in [0.15, 0.2) is 24.3 Å². The molecule has 0 heterocycles. The molecule has 0 spiro atoms. The van der Waals surface area contributed by atoms with Crippen molar-refractivity contribution in [3.05, 3.63) is 35.4 Å². The number of hydrogen-bond acceptors (Lipinski definition) is 5. The van der Waals surface area contributed by atoms with Crippen LogP contribution in [0, 0.1) is 6.92 Å². The quantitative estimate of drug-likeness (QED) is 0.272. The molecule has 2 N–H and O–H groups in total. The Morgan fingerprint density at radius 2 is 1.71 bits per heavy atom. The molecule has 0 radical (unpaired) electrons. The molecular weight excluding hydrogens is 450 g/mol. The first kappa shape index (κ1) is 29.8. The predicted molar refractivity (Wildman–Crippen MR) is 140 cm³/mol. The molecule has 0 aromatic heterocycles. The summed E-state index contributed by atoms with van der Waals surface area (Å²) in [5.41, 5.74) is 1.00. The molecular formula is C26H43N3O4S. The average molecular weight is 494 g/mol. The van der Waals surface area contributed by atoms with Crippen LogP contribution in [0.25, 0.3) is 0 Å². The van der Waals surface area contributed by atoms with E-state index in [2.05, 4.69) is 37.1 Å². The molecule has 8 heteroatoms. The van der Waals surface area contributed by atoms with E-state index in [1.807, 2.05) is 31.2 Å². The van der Waals surface area contributed by atoms with E-state index in [1.54, 1.807) is 25.7 Å². The molecule has 7 nitrogen and oxygen atoms in total. The highest BCUT2D eigenvalue weighted by atomic mass is 32.1. The second-order valence-electron chi connectivity index (χ2n) is 9.52. The summed E-state index contributed by atoms with van der Waals surface area (Å²) in [6.07, 6.45) is 3.77. The Labute approximate surface area is 210 Å². The Bertz CT molecular complexity index is 794. The Kier molecular flexibility index (Phi) is 13.1. The zero-order chi connectivity index (χ0) is 25.7. The summed E-state index contributed by atoms with van der Waals surface area (Å²) in [5.74, 6) is -0.487. The van der Waals surface area contributed by atoms with Crippen LogP contribution in [0.5, 0.6) is 0 Å². The molecule has 2 unspecified atom stereocenters. The fourth-order valence-electron chi connectivity index (χ4n) is 3.56. The van der Waals surface area contributed by atoms with Crippen molar-refractivity contribution in [2.75, 3.05) is 18.8 Å². The third-order valence-electron chi connectivity index (χ3n) is 5.33. The maximum absolute atomic E-state index is 13.8. The lowest BCUT2D eigenvalue weighted by Crippen LogP contribution is -2.54. The van der Waals surface area contributed by atoms with Crippen molar-refractivity contribution >= 4 is 30.5 Å². The van der Waals surface area contributed by atoms with E-state index in [9.17, 15) is 14.4 Å². The number of ether oxygens (including phenoxy) is 1. The number of rotatable bonds is 13. The highest BCUT2D eigenvalue weighted by molar-refractivity contribution is 7.80. The summed E-state index contributed by atoms with van der Waals surface area (Å²) < 4.78 is 5.34. The van der Waals surface area contributed by atoms with Crippen LogP contribution < -0.4 is 10.6 Å². The molecule has 0 aliphatic rings. The van der Waals surface area contributed by atoms with Crippen LogP contribution in [-0.4, -0.2) is 53.3 Å². The van der Waals surface area contributed by atoms with Gasteiger partial charge in [-0.1, -0.05) is 57.4 Å². The molecule has 1 aromatic rings. The van der Waals surface area contributed by atoms with Gasteiger partial charge in [-0.3, -0.25) is 9.59 Å². The molecule has 2 atom stereocenters. The van der Waals surface area contributed by atoms with E-state index in [4.69, 9.17) is 4.74 Å². The van der Waals surface area contributed by atoms with Crippen molar-refractivity contribution in [2.24, 2.45) is 0 Å². The smallest absolute Gasteiger partial charge is 0.408 e. The number of benzene rings is 1. The number of carbonyl (C=O) groups is 3. The second kappa shape index (κ2) is 14.9. The summed E-state index contributed by atoms with van der Waals surface area (Å²) in [4.78, 5) is 41.2. The number of aryl methyl sites for hydroxylation is 1. The fraction of sp³-hybridized carbons (Fsp3) is 0.654. The van der Waals surface area contributed by atoms with Gasteiger partial charge in [0.1, 0.15) is 17.7 Å². The molecule has 0 saturated heterocycles. The van der Waals surface area contributed by atoms with Crippen molar-refractivity contribution in [1.82, 2.24) is 15.5 Å². The van der Waals surface area contributed by atoms with Crippen LogP contribution in [-0.2, 0) is 14.3 Å². The minimum atomic E-state index is -0.922. The zero-order valence-corrected chi connectivity index (χ0v) is 22.5. The molecule has 34 heavy (non-hydrogen) atoms. The molecule has 0 aliphatic heterocycles.